The molecular formula is C15H15N3O3. The van der Waals surface area contributed by atoms with Gasteiger partial charge < -0.3 is 9.52 Å². The third-order valence-electron chi connectivity index (χ3n) is 3.28. The number of carbonyl (C=O) groups is 1. The van der Waals surface area contributed by atoms with E-state index in [1.165, 1.54) is 6.07 Å². The highest BCUT2D eigenvalue weighted by atomic mass is 16.4. The lowest BCUT2D eigenvalue weighted by atomic mass is 10.1. The minimum atomic E-state index is -1.00. The third-order valence-corrected chi connectivity index (χ3v) is 3.28. The molecule has 0 aliphatic carbocycles. The maximum atomic E-state index is 11.5. The van der Waals surface area contributed by atoms with E-state index in [0.717, 1.165) is 5.76 Å². The summed E-state index contributed by atoms with van der Waals surface area (Å²) in [4.78, 5) is 16.0. The van der Waals surface area contributed by atoms with Crippen molar-refractivity contribution in [2.24, 2.45) is 0 Å². The Labute approximate surface area is 121 Å². The van der Waals surface area contributed by atoms with E-state index >= 15 is 0 Å². The van der Waals surface area contributed by atoms with E-state index in [4.69, 9.17) is 4.42 Å². The van der Waals surface area contributed by atoms with E-state index in [0.29, 0.717) is 22.5 Å². The second-order valence-corrected chi connectivity index (χ2v) is 5.19. The number of nitrogens with zero attached hydrogens (tertiary/aromatic N) is 3. The van der Waals surface area contributed by atoms with Crippen LogP contribution >= 0.6 is 0 Å². The minimum absolute atomic E-state index is 0.0882. The Morgan fingerprint density at radius 1 is 1.38 bits per heavy atom. The van der Waals surface area contributed by atoms with Crippen molar-refractivity contribution >= 4 is 17.0 Å². The summed E-state index contributed by atoms with van der Waals surface area (Å²) in [6.07, 6.45) is 1.54. The Morgan fingerprint density at radius 2 is 2.14 bits per heavy atom. The Bertz CT molecular complexity index is 830. The first-order chi connectivity index (χ1) is 9.97. The van der Waals surface area contributed by atoms with Crippen molar-refractivity contribution < 1.29 is 14.3 Å². The molecule has 1 N–H and O–H groups in total. The topological polar surface area (TPSA) is 81.1 Å². The van der Waals surface area contributed by atoms with Crippen LogP contribution in [0, 0.1) is 6.92 Å². The molecule has 3 rings (SSSR count). The van der Waals surface area contributed by atoms with E-state index in [1.807, 2.05) is 26.8 Å². The van der Waals surface area contributed by atoms with E-state index < -0.39 is 5.97 Å². The van der Waals surface area contributed by atoms with Crippen molar-refractivity contribution in [1.82, 2.24) is 14.8 Å². The average Bonchev–Trinajstić information content (AvgIpc) is 3.03. The summed E-state index contributed by atoms with van der Waals surface area (Å²) in [6, 6.07) is 5.22. The Balaban J connectivity index is 2.31. The van der Waals surface area contributed by atoms with Crippen molar-refractivity contribution in [2.75, 3.05) is 0 Å². The normalized spacial score (nSPS) is 11.4. The van der Waals surface area contributed by atoms with Gasteiger partial charge in [0.1, 0.15) is 11.5 Å². The van der Waals surface area contributed by atoms with Gasteiger partial charge in [0, 0.05) is 6.04 Å². The van der Waals surface area contributed by atoms with Gasteiger partial charge in [-0.25, -0.2) is 14.5 Å². The Morgan fingerprint density at radius 3 is 2.71 bits per heavy atom. The Kier molecular flexibility index (Phi) is 3.01. The van der Waals surface area contributed by atoms with Gasteiger partial charge >= 0.3 is 5.97 Å². The molecule has 108 valence electrons. The molecule has 3 aromatic heterocycles. The molecule has 0 aromatic carbocycles. The van der Waals surface area contributed by atoms with Crippen LogP contribution in [0.3, 0.4) is 0 Å². The highest BCUT2D eigenvalue weighted by Gasteiger charge is 2.18. The van der Waals surface area contributed by atoms with Gasteiger partial charge in [0.2, 0.25) is 0 Å². The molecule has 6 nitrogen and oxygen atoms in total. The lowest BCUT2D eigenvalue weighted by Gasteiger charge is -2.08. The number of furan rings is 1. The molecule has 0 unspecified atom stereocenters. The van der Waals surface area contributed by atoms with Crippen LogP contribution in [0.2, 0.25) is 0 Å². The zero-order valence-electron chi connectivity index (χ0n) is 12.0. The van der Waals surface area contributed by atoms with E-state index in [1.54, 1.807) is 16.9 Å². The molecule has 21 heavy (non-hydrogen) atoms. The summed E-state index contributed by atoms with van der Waals surface area (Å²) in [5.41, 5.74) is 1.22. The van der Waals surface area contributed by atoms with Crippen LogP contribution in [0.25, 0.3) is 22.5 Å². The van der Waals surface area contributed by atoms with Gasteiger partial charge in [-0.15, -0.1) is 0 Å². The van der Waals surface area contributed by atoms with Crippen molar-refractivity contribution in [3.05, 3.63) is 35.7 Å². The molecule has 0 spiro atoms. The molecule has 0 saturated carbocycles. The predicted octanol–water partition coefficient (Wildman–Crippen LogP) is 3.28. The van der Waals surface area contributed by atoms with Crippen LogP contribution in [0.4, 0.5) is 0 Å². The van der Waals surface area contributed by atoms with Gasteiger partial charge in [-0.05, 0) is 39.0 Å². The molecule has 0 bridgehead atoms. The summed E-state index contributed by atoms with van der Waals surface area (Å²) in [6.45, 7) is 5.77. The van der Waals surface area contributed by atoms with Gasteiger partial charge in [0.15, 0.2) is 11.4 Å². The molecular weight excluding hydrogens is 270 g/mol. The number of carboxylic acid groups (broad SMARTS) is 1. The van der Waals surface area contributed by atoms with E-state index in [-0.39, 0.29) is 11.6 Å². The van der Waals surface area contributed by atoms with Crippen molar-refractivity contribution in [3.63, 3.8) is 0 Å². The quantitative estimate of drug-likeness (QED) is 0.798. The fourth-order valence-electron chi connectivity index (χ4n) is 2.27. The van der Waals surface area contributed by atoms with Crippen LogP contribution < -0.4 is 0 Å². The smallest absolute Gasteiger partial charge is 0.336 e. The van der Waals surface area contributed by atoms with E-state index in [2.05, 4.69) is 10.1 Å². The molecule has 0 saturated heterocycles. The number of carboxylic acids is 1. The second kappa shape index (κ2) is 4.73. The zero-order chi connectivity index (χ0) is 15.1. The standard InChI is InChI=1S/C15H15N3O3/c1-8(2)18-14-11(7-16-18)10(15(19)20)6-12(17-14)13-5-4-9(3)21-13/h4-8H,1-3H3,(H,19,20). The number of aromatic carboxylic acids is 1. The number of hydrogen-bond donors (Lipinski definition) is 1. The maximum Gasteiger partial charge on any atom is 0.336 e. The fraction of sp³-hybridized carbons (Fsp3) is 0.267. The number of hydrogen-bond acceptors (Lipinski definition) is 4. The van der Waals surface area contributed by atoms with Crippen molar-refractivity contribution in [3.8, 4) is 11.5 Å². The molecule has 3 heterocycles. The first kappa shape index (κ1) is 13.4. The van der Waals surface area contributed by atoms with Gasteiger partial charge in [-0.1, -0.05) is 0 Å². The average molecular weight is 285 g/mol. The van der Waals surface area contributed by atoms with Crippen molar-refractivity contribution in [1.29, 1.82) is 0 Å². The number of pyridine rings is 1. The van der Waals surface area contributed by atoms with Crippen LogP contribution in [0.1, 0.15) is 36.0 Å². The molecule has 0 aliphatic heterocycles. The molecule has 0 fully saturated rings. The largest absolute Gasteiger partial charge is 0.478 e. The molecule has 0 amide bonds. The first-order valence-corrected chi connectivity index (χ1v) is 6.65. The lowest BCUT2D eigenvalue weighted by Crippen LogP contribution is -2.05. The van der Waals surface area contributed by atoms with E-state index in [9.17, 15) is 9.90 Å². The minimum Gasteiger partial charge on any atom is -0.478 e. The van der Waals surface area contributed by atoms with Gasteiger partial charge in [-0.2, -0.15) is 5.10 Å². The summed E-state index contributed by atoms with van der Waals surface area (Å²) < 4.78 is 7.25. The molecule has 0 radical (unpaired) electrons. The van der Waals surface area contributed by atoms with Crippen LogP contribution in [0.15, 0.2) is 28.8 Å². The summed E-state index contributed by atoms with van der Waals surface area (Å²) >= 11 is 0. The summed E-state index contributed by atoms with van der Waals surface area (Å²) in [5.74, 6) is 0.296. The van der Waals surface area contributed by atoms with Crippen molar-refractivity contribution in [2.45, 2.75) is 26.8 Å². The lowest BCUT2D eigenvalue weighted by molar-refractivity contribution is 0.0699. The van der Waals surface area contributed by atoms with Gasteiger partial charge in [-0.3, -0.25) is 0 Å². The Hall–Kier alpha value is -2.63. The molecule has 0 atom stereocenters. The SMILES string of the molecule is Cc1ccc(-c2cc(C(=O)O)c3cnn(C(C)C)c3n2)o1. The third kappa shape index (κ3) is 2.18. The summed E-state index contributed by atoms with van der Waals surface area (Å²) in [7, 11) is 0. The fourth-order valence-corrected chi connectivity index (χ4v) is 2.27. The second-order valence-electron chi connectivity index (χ2n) is 5.19. The first-order valence-electron chi connectivity index (χ1n) is 6.65. The summed E-state index contributed by atoms with van der Waals surface area (Å²) in [5, 5.41) is 14.2. The van der Waals surface area contributed by atoms with Gasteiger partial charge in [0.25, 0.3) is 0 Å². The molecule has 0 aliphatic rings. The number of aryl methyl sites for hydroxylation is 1. The number of aromatic nitrogens is 3. The van der Waals surface area contributed by atoms with Crippen LogP contribution in [-0.2, 0) is 0 Å². The molecule has 6 heteroatoms. The highest BCUT2D eigenvalue weighted by molar-refractivity contribution is 6.02. The number of fused-ring (bicyclic) bond motifs is 1. The zero-order valence-corrected chi connectivity index (χ0v) is 12.0. The predicted molar refractivity (Wildman–Crippen MR) is 77.3 cm³/mol. The maximum absolute atomic E-state index is 11.5. The monoisotopic (exact) mass is 285 g/mol. The van der Waals surface area contributed by atoms with Crippen LogP contribution in [0.5, 0.6) is 0 Å². The number of rotatable bonds is 3. The van der Waals surface area contributed by atoms with Crippen LogP contribution in [-0.4, -0.2) is 25.8 Å². The molecule has 3 aromatic rings. The van der Waals surface area contributed by atoms with Gasteiger partial charge in [0.05, 0.1) is 17.1 Å². The highest BCUT2D eigenvalue weighted by Crippen LogP contribution is 2.27.